The summed E-state index contributed by atoms with van der Waals surface area (Å²) in [5.41, 5.74) is 6.30. The van der Waals surface area contributed by atoms with Crippen molar-refractivity contribution in [1.82, 2.24) is 4.90 Å². The molecule has 3 heteroatoms. The zero-order valence-corrected chi connectivity index (χ0v) is 15.7. The maximum absolute atomic E-state index is 5.14. The maximum Gasteiger partial charge on any atom is 0.129 e. The van der Waals surface area contributed by atoms with Crippen LogP contribution in [0.1, 0.15) is 28.9 Å². The summed E-state index contributed by atoms with van der Waals surface area (Å²) in [6.07, 6.45) is 0.0895. The monoisotopic (exact) mass is 353 g/mol. The molecule has 134 valence electrons. The van der Waals surface area contributed by atoms with Crippen LogP contribution in [0, 0.1) is 0 Å². The quantitative estimate of drug-likeness (QED) is 0.634. The van der Waals surface area contributed by atoms with E-state index in [0.29, 0.717) is 12.1 Å². The molecule has 0 saturated carbocycles. The summed E-state index contributed by atoms with van der Waals surface area (Å²) < 4.78 is 0. The zero-order valence-electron chi connectivity index (χ0n) is 15.7. The summed E-state index contributed by atoms with van der Waals surface area (Å²) in [5.74, 6) is 0. The molecule has 3 aromatic rings. The third kappa shape index (κ3) is 2.75. The first-order valence-electron chi connectivity index (χ1n) is 9.47. The molecule has 5 rings (SSSR count). The van der Waals surface area contributed by atoms with Gasteiger partial charge in [-0.1, -0.05) is 72.8 Å². The lowest BCUT2D eigenvalue weighted by atomic mass is 10.0. The van der Waals surface area contributed by atoms with Crippen LogP contribution in [0.2, 0.25) is 0 Å². The molecule has 0 aromatic heterocycles. The van der Waals surface area contributed by atoms with Gasteiger partial charge in [-0.05, 0) is 28.8 Å². The van der Waals surface area contributed by atoms with Crippen LogP contribution in [0.3, 0.4) is 0 Å². The number of benzene rings is 3. The average Bonchev–Trinajstić information content (AvgIpc) is 3.33. The molecule has 0 aliphatic carbocycles. The van der Waals surface area contributed by atoms with Gasteiger partial charge in [0.1, 0.15) is 6.17 Å². The van der Waals surface area contributed by atoms with Gasteiger partial charge in [-0.3, -0.25) is 9.89 Å². The third-order valence-corrected chi connectivity index (χ3v) is 5.59. The summed E-state index contributed by atoms with van der Waals surface area (Å²) in [7, 11) is 4.14. The Morgan fingerprint density at radius 2 is 1.33 bits per heavy atom. The van der Waals surface area contributed by atoms with Crippen LogP contribution in [0.4, 0.5) is 5.69 Å². The Kier molecular flexibility index (Phi) is 3.83. The number of hydrogen-bond acceptors (Lipinski definition) is 3. The molecule has 1 fully saturated rings. The van der Waals surface area contributed by atoms with E-state index in [4.69, 9.17) is 4.99 Å². The van der Waals surface area contributed by atoms with Crippen LogP contribution in [-0.2, 0) is 0 Å². The van der Waals surface area contributed by atoms with Gasteiger partial charge >= 0.3 is 0 Å². The number of aliphatic imine (C=N–C) groups is 1. The maximum atomic E-state index is 5.14. The number of anilines is 1. The van der Waals surface area contributed by atoms with Crippen LogP contribution in [0.15, 0.2) is 89.9 Å². The molecular weight excluding hydrogens is 330 g/mol. The molecule has 3 nitrogen and oxygen atoms in total. The van der Waals surface area contributed by atoms with Gasteiger partial charge in [0.15, 0.2) is 0 Å². The summed E-state index contributed by atoms with van der Waals surface area (Å²) in [6, 6.07) is 31.0. The van der Waals surface area contributed by atoms with Crippen molar-refractivity contribution in [3.8, 4) is 0 Å². The van der Waals surface area contributed by atoms with E-state index >= 15 is 0 Å². The lowest BCUT2D eigenvalue weighted by Crippen LogP contribution is -2.10. The molecular formula is C24H23N3. The lowest BCUT2D eigenvalue weighted by molar-refractivity contribution is 0.404. The van der Waals surface area contributed by atoms with E-state index in [1.165, 1.54) is 28.1 Å². The molecule has 0 radical (unpaired) electrons. The molecule has 2 aliphatic heterocycles. The van der Waals surface area contributed by atoms with Gasteiger partial charge in [-0.2, -0.15) is 0 Å². The first kappa shape index (κ1) is 16.3. The van der Waals surface area contributed by atoms with E-state index in [0.717, 1.165) is 0 Å². The number of hydrogen-bond donors (Lipinski definition) is 0. The Morgan fingerprint density at radius 3 is 1.96 bits per heavy atom. The lowest BCUT2D eigenvalue weighted by Gasteiger charge is -2.17. The average molecular weight is 353 g/mol. The largest absolute Gasteiger partial charge is 0.378 e. The predicted octanol–water partition coefficient (Wildman–Crippen LogP) is 4.68. The predicted molar refractivity (Wildman–Crippen MR) is 111 cm³/mol. The number of nitrogens with zero attached hydrogens (tertiary/aromatic N) is 3. The minimum atomic E-state index is 0.0895. The van der Waals surface area contributed by atoms with Crippen LogP contribution < -0.4 is 4.90 Å². The van der Waals surface area contributed by atoms with E-state index in [-0.39, 0.29) is 6.17 Å². The van der Waals surface area contributed by atoms with Crippen molar-refractivity contribution in [2.24, 2.45) is 4.99 Å². The first-order chi connectivity index (χ1) is 13.2. The van der Waals surface area contributed by atoms with Gasteiger partial charge in [0.05, 0.1) is 17.8 Å². The van der Waals surface area contributed by atoms with Crippen molar-refractivity contribution in [3.05, 3.63) is 102 Å². The SMILES string of the molecule is CN(C)c1ccc([C@H]2N=C(c3ccccc3)[C@H]3[C@@H](c4ccccc4)N23)cc1. The summed E-state index contributed by atoms with van der Waals surface area (Å²) in [6.45, 7) is 0. The molecule has 4 atom stereocenters. The second-order valence-electron chi connectivity index (χ2n) is 7.49. The van der Waals surface area contributed by atoms with E-state index in [1.54, 1.807) is 0 Å². The zero-order chi connectivity index (χ0) is 18.4. The topological polar surface area (TPSA) is 18.6 Å². The Labute approximate surface area is 160 Å². The van der Waals surface area contributed by atoms with Crippen molar-refractivity contribution in [1.29, 1.82) is 0 Å². The molecule has 2 heterocycles. The second kappa shape index (κ2) is 6.36. The fraction of sp³-hybridized carbons (Fsp3) is 0.208. The Morgan fingerprint density at radius 1 is 0.704 bits per heavy atom. The standard InChI is InChI=1S/C24H23N3/c1-26(2)20-15-13-19(14-16-20)24-25-21(17-9-5-3-6-10-17)23-22(27(23)24)18-11-7-4-8-12-18/h3-16,22-24H,1-2H3/t22-,23+,24+,27?/m1/s1. The molecule has 0 bridgehead atoms. The third-order valence-electron chi connectivity index (χ3n) is 5.59. The normalized spacial score (nSPS) is 25.6. The number of rotatable bonds is 4. The fourth-order valence-corrected chi connectivity index (χ4v) is 4.17. The first-order valence-corrected chi connectivity index (χ1v) is 9.47. The highest BCUT2D eigenvalue weighted by atomic mass is 15.5. The Balaban J connectivity index is 1.53. The number of fused-ring (bicyclic) bond motifs is 1. The van der Waals surface area contributed by atoms with Crippen molar-refractivity contribution in [3.63, 3.8) is 0 Å². The summed E-state index contributed by atoms with van der Waals surface area (Å²) in [5, 5.41) is 0. The minimum Gasteiger partial charge on any atom is -0.378 e. The Bertz CT molecular complexity index is 962. The van der Waals surface area contributed by atoms with Gasteiger partial charge < -0.3 is 4.90 Å². The molecule has 0 N–H and O–H groups in total. The van der Waals surface area contributed by atoms with Crippen LogP contribution in [-0.4, -0.2) is 30.7 Å². The van der Waals surface area contributed by atoms with Gasteiger partial charge in [-0.15, -0.1) is 0 Å². The van der Waals surface area contributed by atoms with Crippen molar-refractivity contribution < 1.29 is 0 Å². The van der Waals surface area contributed by atoms with Crippen molar-refractivity contribution in [2.45, 2.75) is 18.2 Å². The van der Waals surface area contributed by atoms with Crippen molar-refractivity contribution >= 4 is 11.4 Å². The highest BCUT2D eigenvalue weighted by Gasteiger charge is 2.59. The summed E-state index contributed by atoms with van der Waals surface area (Å²) >= 11 is 0. The minimum absolute atomic E-state index is 0.0895. The Hall–Kier alpha value is -2.91. The van der Waals surface area contributed by atoms with Crippen LogP contribution in [0.5, 0.6) is 0 Å². The van der Waals surface area contributed by atoms with E-state index < -0.39 is 0 Å². The molecule has 2 aliphatic rings. The molecule has 0 spiro atoms. The van der Waals surface area contributed by atoms with E-state index in [1.807, 2.05) is 0 Å². The van der Waals surface area contributed by atoms with Crippen LogP contribution in [0.25, 0.3) is 0 Å². The molecule has 27 heavy (non-hydrogen) atoms. The second-order valence-corrected chi connectivity index (χ2v) is 7.49. The summed E-state index contributed by atoms with van der Waals surface area (Å²) in [4.78, 5) is 9.80. The van der Waals surface area contributed by atoms with Crippen LogP contribution >= 0.6 is 0 Å². The van der Waals surface area contributed by atoms with Gasteiger partial charge in [0.25, 0.3) is 0 Å². The molecule has 1 unspecified atom stereocenters. The van der Waals surface area contributed by atoms with E-state index in [2.05, 4.69) is 109 Å². The highest BCUT2D eigenvalue weighted by molar-refractivity contribution is 6.08. The van der Waals surface area contributed by atoms with Gasteiger partial charge in [-0.25, -0.2) is 0 Å². The molecule has 0 amide bonds. The van der Waals surface area contributed by atoms with Crippen molar-refractivity contribution in [2.75, 3.05) is 19.0 Å². The fourth-order valence-electron chi connectivity index (χ4n) is 4.17. The smallest absolute Gasteiger partial charge is 0.129 e. The highest BCUT2D eigenvalue weighted by Crippen LogP contribution is 2.55. The van der Waals surface area contributed by atoms with Gasteiger partial charge in [0, 0.05) is 19.8 Å². The van der Waals surface area contributed by atoms with E-state index in [9.17, 15) is 0 Å². The molecule has 3 aromatic carbocycles. The van der Waals surface area contributed by atoms with Gasteiger partial charge in [0.2, 0.25) is 0 Å². The molecule has 1 saturated heterocycles.